The molecule has 0 atom stereocenters. The Morgan fingerprint density at radius 2 is 1.96 bits per heavy atom. The van der Waals surface area contributed by atoms with Crippen LogP contribution in [0.3, 0.4) is 0 Å². The average Bonchev–Trinajstić information content (AvgIpc) is 3.37. The van der Waals surface area contributed by atoms with E-state index >= 15 is 0 Å². The van der Waals surface area contributed by atoms with Crippen molar-refractivity contribution in [3.63, 3.8) is 0 Å². The summed E-state index contributed by atoms with van der Waals surface area (Å²) >= 11 is 1.55. The normalized spacial score (nSPS) is 13.5. The molecule has 24 heavy (non-hydrogen) atoms. The van der Waals surface area contributed by atoms with Gasteiger partial charge in [-0.25, -0.2) is 4.98 Å². The predicted octanol–water partition coefficient (Wildman–Crippen LogP) is 4.30. The Balaban J connectivity index is 1.45. The van der Waals surface area contributed by atoms with Crippen molar-refractivity contribution in [2.24, 2.45) is 5.92 Å². The number of rotatable bonds is 5. The summed E-state index contributed by atoms with van der Waals surface area (Å²) in [7, 11) is 0. The standard InChI is InChI=1S/C18H16N4OS/c23-17(13-3-4-13)20-14-7-5-12(6-8-14)16-11-24-18(22-16)21-15-2-1-9-19-10-15/h1-2,5-11,13H,3-4H2,(H,20,23)(H,21,22). The van der Waals surface area contributed by atoms with Gasteiger partial charge in [-0.05, 0) is 37.1 Å². The Kier molecular flexibility index (Phi) is 3.96. The fraction of sp³-hybridized carbons (Fsp3) is 0.167. The van der Waals surface area contributed by atoms with Crippen LogP contribution in [0.1, 0.15) is 12.8 Å². The molecule has 0 radical (unpaired) electrons. The maximum Gasteiger partial charge on any atom is 0.227 e. The van der Waals surface area contributed by atoms with Gasteiger partial charge in [0.15, 0.2) is 5.13 Å². The van der Waals surface area contributed by atoms with E-state index in [9.17, 15) is 4.79 Å². The zero-order valence-electron chi connectivity index (χ0n) is 12.9. The van der Waals surface area contributed by atoms with Gasteiger partial charge in [-0.2, -0.15) is 0 Å². The van der Waals surface area contributed by atoms with Crippen LogP contribution >= 0.6 is 11.3 Å². The number of anilines is 3. The molecule has 1 aromatic carbocycles. The fourth-order valence-corrected chi connectivity index (χ4v) is 3.08. The Hall–Kier alpha value is -2.73. The third kappa shape index (κ3) is 3.44. The largest absolute Gasteiger partial charge is 0.330 e. The molecule has 3 aromatic rings. The lowest BCUT2D eigenvalue weighted by Crippen LogP contribution is -2.12. The first-order valence-electron chi connectivity index (χ1n) is 7.82. The van der Waals surface area contributed by atoms with Gasteiger partial charge in [0.25, 0.3) is 0 Å². The molecule has 0 saturated heterocycles. The van der Waals surface area contributed by atoms with Crippen LogP contribution in [0.15, 0.2) is 54.2 Å². The van der Waals surface area contributed by atoms with Crippen molar-refractivity contribution in [2.45, 2.75) is 12.8 Å². The first-order valence-corrected chi connectivity index (χ1v) is 8.70. The summed E-state index contributed by atoms with van der Waals surface area (Å²) in [6.07, 6.45) is 5.52. The molecule has 4 rings (SSSR count). The third-order valence-corrected chi connectivity index (χ3v) is 4.57. The second-order valence-corrected chi connectivity index (χ2v) is 6.60. The van der Waals surface area contributed by atoms with Crippen molar-refractivity contribution in [2.75, 3.05) is 10.6 Å². The maximum atomic E-state index is 11.8. The summed E-state index contributed by atoms with van der Waals surface area (Å²) in [5.74, 6) is 0.337. The van der Waals surface area contributed by atoms with E-state index in [1.165, 1.54) is 0 Å². The number of hydrogen-bond acceptors (Lipinski definition) is 5. The first kappa shape index (κ1) is 14.8. The number of pyridine rings is 1. The monoisotopic (exact) mass is 336 g/mol. The number of hydrogen-bond donors (Lipinski definition) is 2. The van der Waals surface area contributed by atoms with Gasteiger partial charge in [0.2, 0.25) is 5.91 Å². The van der Waals surface area contributed by atoms with E-state index in [0.717, 1.165) is 40.6 Å². The van der Waals surface area contributed by atoms with E-state index in [-0.39, 0.29) is 11.8 Å². The highest BCUT2D eigenvalue weighted by Gasteiger charge is 2.29. The quantitative estimate of drug-likeness (QED) is 0.729. The van der Waals surface area contributed by atoms with Gasteiger partial charge in [0.05, 0.1) is 17.6 Å². The average molecular weight is 336 g/mol. The molecular weight excluding hydrogens is 320 g/mol. The zero-order chi connectivity index (χ0) is 16.4. The van der Waals surface area contributed by atoms with Crippen LogP contribution in [0.2, 0.25) is 0 Å². The van der Waals surface area contributed by atoms with E-state index in [0.29, 0.717) is 0 Å². The number of thiazole rings is 1. The van der Waals surface area contributed by atoms with Crippen LogP contribution in [0, 0.1) is 5.92 Å². The molecule has 120 valence electrons. The summed E-state index contributed by atoms with van der Waals surface area (Å²) < 4.78 is 0. The van der Waals surface area contributed by atoms with Crippen LogP contribution in [0.4, 0.5) is 16.5 Å². The zero-order valence-corrected chi connectivity index (χ0v) is 13.7. The lowest BCUT2D eigenvalue weighted by Gasteiger charge is -2.05. The SMILES string of the molecule is O=C(Nc1ccc(-c2csc(Nc3cccnc3)n2)cc1)C1CC1. The molecule has 6 heteroatoms. The van der Waals surface area contributed by atoms with Crippen LogP contribution in [-0.4, -0.2) is 15.9 Å². The molecule has 0 aliphatic heterocycles. The van der Waals surface area contributed by atoms with Crippen molar-refractivity contribution in [1.29, 1.82) is 0 Å². The van der Waals surface area contributed by atoms with Gasteiger partial charge in [-0.3, -0.25) is 9.78 Å². The highest BCUT2D eigenvalue weighted by molar-refractivity contribution is 7.14. The lowest BCUT2D eigenvalue weighted by molar-refractivity contribution is -0.117. The molecule has 2 heterocycles. The van der Waals surface area contributed by atoms with Crippen molar-refractivity contribution in [3.8, 4) is 11.3 Å². The van der Waals surface area contributed by atoms with Gasteiger partial charge < -0.3 is 10.6 Å². The van der Waals surface area contributed by atoms with Gasteiger partial charge in [-0.15, -0.1) is 11.3 Å². The highest BCUT2D eigenvalue weighted by Crippen LogP contribution is 2.31. The van der Waals surface area contributed by atoms with Gasteiger partial charge >= 0.3 is 0 Å². The molecular formula is C18H16N4OS. The molecule has 1 saturated carbocycles. The second-order valence-electron chi connectivity index (χ2n) is 5.75. The van der Waals surface area contributed by atoms with Crippen molar-refractivity contribution < 1.29 is 4.79 Å². The lowest BCUT2D eigenvalue weighted by atomic mass is 10.1. The molecule has 0 bridgehead atoms. The minimum Gasteiger partial charge on any atom is -0.330 e. The van der Waals surface area contributed by atoms with Crippen LogP contribution in [0.25, 0.3) is 11.3 Å². The number of benzene rings is 1. The third-order valence-electron chi connectivity index (χ3n) is 3.81. The van der Waals surface area contributed by atoms with E-state index in [4.69, 9.17) is 0 Å². The predicted molar refractivity (Wildman–Crippen MR) is 96.4 cm³/mol. The summed E-state index contributed by atoms with van der Waals surface area (Å²) in [5.41, 5.74) is 3.68. The van der Waals surface area contributed by atoms with E-state index in [1.54, 1.807) is 23.7 Å². The number of nitrogens with zero attached hydrogens (tertiary/aromatic N) is 2. The number of carbonyl (C=O) groups excluding carboxylic acids is 1. The second kappa shape index (κ2) is 6.41. The Morgan fingerprint density at radius 1 is 1.12 bits per heavy atom. The van der Waals surface area contributed by atoms with E-state index in [2.05, 4.69) is 20.6 Å². The van der Waals surface area contributed by atoms with E-state index < -0.39 is 0 Å². The van der Waals surface area contributed by atoms with Crippen LogP contribution in [0.5, 0.6) is 0 Å². The van der Waals surface area contributed by atoms with Gasteiger partial charge in [-0.1, -0.05) is 12.1 Å². The molecule has 0 spiro atoms. The van der Waals surface area contributed by atoms with E-state index in [1.807, 2.05) is 41.8 Å². The minimum absolute atomic E-state index is 0.124. The highest BCUT2D eigenvalue weighted by atomic mass is 32.1. The molecule has 1 fully saturated rings. The summed E-state index contributed by atoms with van der Waals surface area (Å²) in [6, 6.07) is 11.6. The van der Waals surface area contributed by atoms with Gasteiger partial charge in [0.1, 0.15) is 0 Å². The molecule has 5 nitrogen and oxygen atoms in total. The fourth-order valence-electron chi connectivity index (χ4n) is 2.34. The van der Waals surface area contributed by atoms with Crippen molar-refractivity contribution in [3.05, 3.63) is 54.2 Å². The smallest absolute Gasteiger partial charge is 0.227 e. The Bertz CT molecular complexity index is 841. The van der Waals surface area contributed by atoms with Crippen molar-refractivity contribution >= 4 is 33.8 Å². The van der Waals surface area contributed by atoms with Crippen LogP contribution in [-0.2, 0) is 4.79 Å². The summed E-state index contributed by atoms with van der Waals surface area (Å²) in [5, 5.41) is 9.02. The molecule has 2 aromatic heterocycles. The van der Waals surface area contributed by atoms with Gasteiger partial charge in [0, 0.05) is 28.7 Å². The van der Waals surface area contributed by atoms with Crippen molar-refractivity contribution in [1.82, 2.24) is 9.97 Å². The first-order chi connectivity index (χ1) is 11.8. The minimum atomic E-state index is 0.124. The molecule has 1 aliphatic carbocycles. The van der Waals surface area contributed by atoms with Crippen LogP contribution < -0.4 is 10.6 Å². The molecule has 0 unspecified atom stereocenters. The number of carbonyl (C=O) groups is 1. The maximum absolute atomic E-state index is 11.8. The topological polar surface area (TPSA) is 66.9 Å². The number of nitrogens with one attached hydrogen (secondary N) is 2. The Morgan fingerprint density at radius 3 is 2.67 bits per heavy atom. The summed E-state index contributed by atoms with van der Waals surface area (Å²) in [6.45, 7) is 0. The molecule has 1 amide bonds. The number of aromatic nitrogens is 2. The summed E-state index contributed by atoms with van der Waals surface area (Å²) in [4.78, 5) is 20.4. The molecule has 2 N–H and O–H groups in total. The molecule has 1 aliphatic rings. The Labute approximate surface area is 143 Å². The number of amides is 1.